The molecular formula is C18H25N3O2. The molecule has 3 rings (SSSR count). The fraction of sp³-hybridized carbons (Fsp3) is 0.500. The van der Waals surface area contributed by atoms with Crippen LogP contribution in [0.4, 0.5) is 5.82 Å². The van der Waals surface area contributed by atoms with E-state index in [0.717, 1.165) is 23.8 Å². The maximum absolute atomic E-state index is 12.4. The molecule has 2 aromatic rings. The number of carbonyl (C=O) groups excluding carboxylic acids is 1. The molecule has 1 amide bonds. The molecule has 5 heteroatoms. The van der Waals surface area contributed by atoms with Crippen LogP contribution in [0, 0.1) is 5.92 Å². The minimum Gasteiger partial charge on any atom is -0.394 e. The molecule has 1 atom stereocenters. The van der Waals surface area contributed by atoms with Crippen molar-refractivity contribution in [3.8, 4) is 0 Å². The van der Waals surface area contributed by atoms with Crippen LogP contribution >= 0.6 is 0 Å². The number of pyridine rings is 1. The fourth-order valence-corrected chi connectivity index (χ4v) is 2.86. The van der Waals surface area contributed by atoms with E-state index in [4.69, 9.17) is 0 Å². The molecule has 124 valence electrons. The molecule has 0 spiro atoms. The molecule has 1 aliphatic carbocycles. The molecule has 1 unspecified atom stereocenters. The van der Waals surface area contributed by atoms with Gasteiger partial charge < -0.3 is 19.7 Å². The van der Waals surface area contributed by atoms with Crippen LogP contribution in [0.5, 0.6) is 0 Å². The first-order valence-corrected chi connectivity index (χ1v) is 8.36. The summed E-state index contributed by atoms with van der Waals surface area (Å²) in [7, 11) is 2.10. The van der Waals surface area contributed by atoms with Gasteiger partial charge in [-0.2, -0.15) is 0 Å². The molecule has 2 heterocycles. The van der Waals surface area contributed by atoms with E-state index in [1.807, 2.05) is 25.3 Å². The first-order valence-electron chi connectivity index (χ1n) is 8.36. The lowest BCUT2D eigenvalue weighted by Gasteiger charge is -2.19. The summed E-state index contributed by atoms with van der Waals surface area (Å²) >= 11 is 0. The number of amides is 1. The van der Waals surface area contributed by atoms with Gasteiger partial charge in [-0.25, -0.2) is 0 Å². The number of hydrogen-bond acceptors (Lipinski definition) is 3. The second-order valence-electron chi connectivity index (χ2n) is 6.49. The molecule has 1 saturated carbocycles. The Morgan fingerprint density at radius 2 is 2.13 bits per heavy atom. The van der Waals surface area contributed by atoms with Gasteiger partial charge in [-0.3, -0.25) is 4.79 Å². The zero-order valence-electron chi connectivity index (χ0n) is 13.8. The summed E-state index contributed by atoms with van der Waals surface area (Å²) in [4.78, 5) is 14.6. The molecule has 1 fully saturated rings. The van der Waals surface area contributed by atoms with Crippen molar-refractivity contribution in [3.05, 3.63) is 36.0 Å². The third-order valence-corrected chi connectivity index (χ3v) is 4.56. The number of fused-ring (bicyclic) bond motifs is 1. The van der Waals surface area contributed by atoms with Gasteiger partial charge >= 0.3 is 0 Å². The quantitative estimate of drug-likeness (QED) is 0.824. The summed E-state index contributed by atoms with van der Waals surface area (Å²) in [5.74, 6) is 1.78. The van der Waals surface area contributed by atoms with Gasteiger partial charge in [0, 0.05) is 25.3 Å². The average molecular weight is 315 g/mol. The van der Waals surface area contributed by atoms with E-state index < -0.39 is 0 Å². The van der Waals surface area contributed by atoms with E-state index in [2.05, 4.69) is 33.8 Å². The van der Waals surface area contributed by atoms with Crippen LogP contribution in [-0.4, -0.2) is 41.7 Å². The van der Waals surface area contributed by atoms with Gasteiger partial charge in [0.25, 0.3) is 5.91 Å². The van der Waals surface area contributed by atoms with Crippen molar-refractivity contribution in [2.24, 2.45) is 5.92 Å². The van der Waals surface area contributed by atoms with Crippen molar-refractivity contribution in [3.63, 3.8) is 0 Å². The molecule has 2 N–H and O–H groups in total. The molecule has 1 aliphatic rings. The Bertz CT molecular complexity index is 687. The van der Waals surface area contributed by atoms with Gasteiger partial charge in [0.1, 0.15) is 5.82 Å². The highest BCUT2D eigenvalue weighted by Crippen LogP contribution is 2.31. The van der Waals surface area contributed by atoms with Crippen LogP contribution < -0.4 is 10.2 Å². The van der Waals surface area contributed by atoms with Crippen LogP contribution in [0.2, 0.25) is 0 Å². The van der Waals surface area contributed by atoms with Crippen molar-refractivity contribution in [1.29, 1.82) is 0 Å². The fourth-order valence-electron chi connectivity index (χ4n) is 2.86. The molecule has 0 radical (unpaired) electrons. The highest BCUT2D eigenvalue weighted by atomic mass is 16.3. The SMILES string of the molecule is CCC(CO)NC(=O)c1ccc2ccc(N(C)CC3CC3)n2c1. The van der Waals surface area contributed by atoms with Crippen molar-refractivity contribution in [2.75, 3.05) is 25.1 Å². The lowest BCUT2D eigenvalue weighted by molar-refractivity contribution is 0.0914. The van der Waals surface area contributed by atoms with Gasteiger partial charge in [0.2, 0.25) is 0 Å². The van der Waals surface area contributed by atoms with Crippen molar-refractivity contribution >= 4 is 17.2 Å². The molecule has 0 aromatic carbocycles. The van der Waals surface area contributed by atoms with Gasteiger partial charge in [0.05, 0.1) is 18.2 Å². The Morgan fingerprint density at radius 1 is 1.39 bits per heavy atom. The third kappa shape index (κ3) is 3.50. The Morgan fingerprint density at radius 3 is 2.78 bits per heavy atom. The van der Waals surface area contributed by atoms with E-state index in [-0.39, 0.29) is 18.6 Å². The molecular weight excluding hydrogens is 290 g/mol. The Hall–Kier alpha value is -2.01. The lowest BCUT2D eigenvalue weighted by atomic mass is 10.2. The number of rotatable bonds is 7. The zero-order chi connectivity index (χ0) is 16.4. The van der Waals surface area contributed by atoms with Gasteiger partial charge in [-0.1, -0.05) is 6.92 Å². The average Bonchev–Trinajstić information content (AvgIpc) is 3.27. The summed E-state index contributed by atoms with van der Waals surface area (Å²) in [6.45, 7) is 2.97. The van der Waals surface area contributed by atoms with Gasteiger partial charge in [0.15, 0.2) is 0 Å². The predicted octanol–water partition coefficient (Wildman–Crippen LogP) is 2.29. The second-order valence-corrected chi connectivity index (χ2v) is 6.49. The van der Waals surface area contributed by atoms with Gasteiger partial charge in [-0.15, -0.1) is 0 Å². The number of hydrogen-bond donors (Lipinski definition) is 2. The highest BCUT2D eigenvalue weighted by Gasteiger charge is 2.24. The van der Waals surface area contributed by atoms with Gasteiger partial charge in [-0.05, 0) is 49.4 Å². The number of anilines is 1. The van der Waals surface area contributed by atoms with Crippen LogP contribution in [0.15, 0.2) is 30.5 Å². The molecule has 23 heavy (non-hydrogen) atoms. The molecule has 0 bridgehead atoms. The Kier molecular flexibility index (Phi) is 4.57. The summed E-state index contributed by atoms with van der Waals surface area (Å²) in [6.07, 6.45) is 5.23. The number of nitrogens with zero attached hydrogens (tertiary/aromatic N) is 2. The minimum atomic E-state index is -0.195. The topological polar surface area (TPSA) is 57.0 Å². The monoisotopic (exact) mass is 315 g/mol. The Balaban J connectivity index is 1.83. The van der Waals surface area contributed by atoms with Crippen LogP contribution in [0.3, 0.4) is 0 Å². The van der Waals surface area contributed by atoms with E-state index in [9.17, 15) is 9.90 Å². The van der Waals surface area contributed by atoms with E-state index in [1.165, 1.54) is 12.8 Å². The molecule has 0 aliphatic heterocycles. The van der Waals surface area contributed by atoms with E-state index >= 15 is 0 Å². The predicted molar refractivity (Wildman–Crippen MR) is 92.0 cm³/mol. The van der Waals surface area contributed by atoms with Crippen LogP contribution in [0.25, 0.3) is 5.52 Å². The lowest BCUT2D eigenvalue weighted by Crippen LogP contribution is -2.37. The van der Waals surface area contributed by atoms with Crippen molar-refractivity contribution < 1.29 is 9.90 Å². The minimum absolute atomic E-state index is 0.0383. The molecule has 0 saturated heterocycles. The molecule has 5 nitrogen and oxygen atoms in total. The standard InChI is InChI=1S/C18H25N3O2/c1-3-15(12-22)19-18(23)14-6-7-16-8-9-17(21(16)11-14)20(2)10-13-4-5-13/h6-9,11,13,15,22H,3-5,10,12H2,1-2H3,(H,19,23). The summed E-state index contributed by atoms with van der Waals surface area (Å²) in [6, 6.07) is 7.77. The van der Waals surface area contributed by atoms with Crippen molar-refractivity contribution in [1.82, 2.24) is 9.72 Å². The summed E-state index contributed by atoms with van der Waals surface area (Å²) < 4.78 is 2.07. The number of nitrogens with one attached hydrogen (secondary N) is 1. The van der Waals surface area contributed by atoms with E-state index in [1.54, 1.807) is 0 Å². The molecule has 2 aromatic heterocycles. The zero-order valence-corrected chi connectivity index (χ0v) is 13.8. The maximum atomic E-state index is 12.4. The maximum Gasteiger partial charge on any atom is 0.253 e. The first kappa shape index (κ1) is 15.9. The highest BCUT2D eigenvalue weighted by molar-refractivity contribution is 5.94. The second kappa shape index (κ2) is 6.62. The van der Waals surface area contributed by atoms with E-state index in [0.29, 0.717) is 12.0 Å². The summed E-state index contributed by atoms with van der Waals surface area (Å²) in [5.41, 5.74) is 1.69. The number of aliphatic hydroxyl groups is 1. The number of carbonyl (C=O) groups is 1. The first-order chi connectivity index (χ1) is 11.1. The number of aromatic nitrogens is 1. The smallest absolute Gasteiger partial charge is 0.253 e. The van der Waals surface area contributed by atoms with Crippen molar-refractivity contribution in [2.45, 2.75) is 32.2 Å². The largest absolute Gasteiger partial charge is 0.394 e. The third-order valence-electron chi connectivity index (χ3n) is 4.56. The number of aliphatic hydroxyl groups excluding tert-OH is 1. The Labute approximate surface area is 136 Å². The normalized spacial score (nSPS) is 15.6. The van der Waals surface area contributed by atoms with Crippen LogP contribution in [-0.2, 0) is 0 Å². The summed E-state index contributed by atoms with van der Waals surface area (Å²) in [5, 5.41) is 12.1. The van der Waals surface area contributed by atoms with Crippen LogP contribution in [0.1, 0.15) is 36.5 Å².